The van der Waals surface area contributed by atoms with Gasteiger partial charge in [-0.15, -0.1) is 0 Å². The summed E-state index contributed by atoms with van der Waals surface area (Å²) in [6.45, 7) is 4.45. The van der Waals surface area contributed by atoms with Gasteiger partial charge in [0.05, 0.1) is 23.5 Å². The molecule has 9 heteroatoms. The molecule has 0 unspecified atom stereocenters. The fourth-order valence-corrected chi connectivity index (χ4v) is 5.06. The molecule has 2 heterocycles. The van der Waals surface area contributed by atoms with Gasteiger partial charge in [-0.25, -0.2) is 9.97 Å². The highest BCUT2D eigenvalue weighted by atomic mass is 35.5. The lowest BCUT2D eigenvalue weighted by Crippen LogP contribution is -2.17. The zero-order valence-corrected chi connectivity index (χ0v) is 22.8. The number of amides is 1. The van der Waals surface area contributed by atoms with E-state index in [4.69, 9.17) is 20.8 Å². The quantitative estimate of drug-likeness (QED) is 0.115. The van der Waals surface area contributed by atoms with E-state index in [0.717, 1.165) is 11.1 Å². The number of fused-ring (bicyclic) bond motifs is 1. The van der Waals surface area contributed by atoms with Crippen molar-refractivity contribution in [2.75, 3.05) is 11.9 Å². The van der Waals surface area contributed by atoms with Gasteiger partial charge in [0.2, 0.25) is 5.78 Å². The maximum absolute atomic E-state index is 13.5. The Morgan fingerprint density at radius 1 is 1.03 bits per heavy atom. The summed E-state index contributed by atoms with van der Waals surface area (Å²) >= 11 is 7.74. The Hall–Kier alpha value is -4.14. The third kappa shape index (κ3) is 5.82. The zero-order chi connectivity index (χ0) is 27.4. The van der Waals surface area contributed by atoms with Crippen molar-refractivity contribution in [3.05, 3.63) is 112 Å². The Balaban J connectivity index is 1.43. The Morgan fingerprint density at radius 2 is 1.77 bits per heavy atom. The first-order valence-corrected chi connectivity index (χ1v) is 13.6. The second-order valence-electron chi connectivity index (χ2n) is 8.61. The van der Waals surface area contributed by atoms with Gasteiger partial charge in [0.15, 0.2) is 16.6 Å². The van der Waals surface area contributed by atoms with Gasteiger partial charge in [-0.3, -0.25) is 9.59 Å². The number of aromatic nitrogens is 2. The average Bonchev–Trinajstić information content (AvgIpc) is 3.31. The number of aryl methyl sites for hydroxylation is 1. The number of carbonyl (C=O) groups is 2. The van der Waals surface area contributed by atoms with E-state index in [1.54, 1.807) is 48.5 Å². The molecule has 0 atom stereocenters. The number of ether oxygens (including phenoxy) is 1. The molecule has 0 aliphatic carbocycles. The van der Waals surface area contributed by atoms with E-state index in [1.807, 2.05) is 38.1 Å². The minimum atomic E-state index is -0.576. The van der Waals surface area contributed by atoms with Crippen molar-refractivity contribution < 1.29 is 18.7 Å². The van der Waals surface area contributed by atoms with E-state index >= 15 is 0 Å². The summed E-state index contributed by atoms with van der Waals surface area (Å²) < 4.78 is 11.4. The molecule has 1 amide bonds. The molecule has 7 nitrogen and oxygen atoms in total. The third-order valence-corrected chi connectivity index (χ3v) is 7.21. The molecule has 196 valence electrons. The van der Waals surface area contributed by atoms with Crippen LogP contribution >= 0.6 is 23.4 Å². The van der Waals surface area contributed by atoms with Gasteiger partial charge in [-0.05, 0) is 61.4 Å². The van der Waals surface area contributed by atoms with E-state index in [0.29, 0.717) is 39.8 Å². The Labute approximate surface area is 234 Å². The lowest BCUT2D eigenvalue weighted by Gasteiger charge is -2.09. The minimum absolute atomic E-state index is 0.00342. The predicted octanol–water partition coefficient (Wildman–Crippen LogP) is 7.36. The van der Waals surface area contributed by atoms with Crippen LogP contribution in [0.25, 0.3) is 11.0 Å². The van der Waals surface area contributed by atoms with Crippen LogP contribution in [0, 0.1) is 6.92 Å². The number of furan rings is 1. The molecule has 2 aromatic heterocycles. The summed E-state index contributed by atoms with van der Waals surface area (Å²) in [5, 5.41) is 3.91. The van der Waals surface area contributed by atoms with Crippen molar-refractivity contribution >= 4 is 51.7 Å². The standard InChI is InChI=1S/C30H24ClN3O4S/c1-3-37-21-14-12-19(13-15-21)27(35)28-25(22-10-6-7-11-24(22)38-28)33-29(36)26-23(31)16-32-30(34-26)39-17-20-9-5-4-8-18(20)2/h4-16H,3,17H2,1-2H3,(H,33,36). The number of rotatable bonds is 9. The van der Waals surface area contributed by atoms with E-state index in [9.17, 15) is 9.59 Å². The van der Waals surface area contributed by atoms with Gasteiger partial charge < -0.3 is 14.5 Å². The summed E-state index contributed by atoms with van der Waals surface area (Å²) in [6.07, 6.45) is 1.41. The van der Waals surface area contributed by atoms with Crippen molar-refractivity contribution in [3.63, 3.8) is 0 Å². The number of anilines is 1. The number of nitrogens with one attached hydrogen (secondary N) is 1. The Morgan fingerprint density at radius 3 is 2.54 bits per heavy atom. The van der Waals surface area contributed by atoms with Crippen molar-refractivity contribution in [1.29, 1.82) is 0 Å². The summed E-state index contributed by atoms with van der Waals surface area (Å²) in [5.41, 5.74) is 3.41. The molecule has 0 bridgehead atoms. The second kappa shape index (κ2) is 11.7. The molecule has 3 aromatic carbocycles. The summed E-state index contributed by atoms with van der Waals surface area (Å²) in [5.74, 6) is 0.345. The van der Waals surface area contributed by atoms with Crippen molar-refractivity contribution in [2.45, 2.75) is 24.8 Å². The van der Waals surface area contributed by atoms with Gasteiger partial charge in [-0.1, -0.05) is 59.8 Å². The fourth-order valence-electron chi connectivity index (χ4n) is 4.00. The number of hydrogen-bond acceptors (Lipinski definition) is 7. The molecule has 0 aliphatic heterocycles. The zero-order valence-electron chi connectivity index (χ0n) is 21.2. The van der Waals surface area contributed by atoms with Crippen LogP contribution in [-0.4, -0.2) is 28.3 Å². The number of halogens is 1. The number of thioether (sulfide) groups is 1. The lowest BCUT2D eigenvalue weighted by molar-refractivity contribution is 0.101. The number of para-hydroxylation sites is 1. The monoisotopic (exact) mass is 557 g/mol. The van der Waals surface area contributed by atoms with E-state index in [1.165, 1.54) is 18.0 Å². The highest BCUT2D eigenvalue weighted by Crippen LogP contribution is 2.34. The van der Waals surface area contributed by atoms with Crippen LogP contribution in [0.4, 0.5) is 5.69 Å². The largest absolute Gasteiger partial charge is 0.494 e. The average molecular weight is 558 g/mol. The van der Waals surface area contributed by atoms with Gasteiger partial charge in [-0.2, -0.15) is 0 Å². The summed E-state index contributed by atoms with van der Waals surface area (Å²) in [6, 6.07) is 21.9. The Kier molecular flexibility index (Phi) is 7.95. The molecule has 0 saturated heterocycles. The van der Waals surface area contributed by atoms with Crippen LogP contribution in [0.3, 0.4) is 0 Å². The van der Waals surface area contributed by atoms with Gasteiger partial charge >= 0.3 is 0 Å². The van der Waals surface area contributed by atoms with Crippen LogP contribution in [0.15, 0.2) is 88.6 Å². The molecule has 5 rings (SSSR count). The van der Waals surface area contributed by atoms with Crippen LogP contribution in [-0.2, 0) is 5.75 Å². The number of carbonyl (C=O) groups excluding carboxylic acids is 2. The minimum Gasteiger partial charge on any atom is -0.494 e. The molecule has 39 heavy (non-hydrogen) atoms. The fraction of sp³-hybridized carbons (Fsp3) is 0.133. The number of hydrogen-bond donors (Lipinski definition) is 1. The molecule has 5 aromatic rings. The molecular formula is C30H24ClN3O4S. The SMILES string of the molecule is CCOc1ccc(C(=O)c2oc3ccccc3c2NC(=O)c2nc(SCc3ccccc3C)ncc2Cl)cc1. The smallest absolute Gasteiger partial charge is 0.276 e. The normalized spacial score (nSPS) is 10.9. The maximum Gasteiger partial charge on any atom is 0.276 e. The molecule has 0 radical (unpaired) electrons. The van der Waals surface area contributed by atoms with E-state index < -0.39 is 5.91 Å². The van der Waals surface area contributed by atoms with Crippen LogP contribution in [0.2, 0.25) is 5.02 Å². The van der Waals surface area contributed by atoms with Crippen LogP contribution in [0.5, 0.6) is 5.75 Å². The third-order valence-electron chi connectivity index (χ3n) is 6.02. The number of nitrogens with zero attached hydrogens (tertiary/aromatic N) is 2. The van der Waals surface area contributed by atoms with E-state index in [-0.39, 0.29) is 27.9 Å². The highest BCUT2D eigenvalue weighted by molar-refractivity contribution is 7.98. The van der Waals surface area contributed by atoms with Crippen molar-refractivity contribution in [1.82, 2.24) is 9.97 Å². The number of ketones is 1. The second-order valence-corrected chi connectivity index (χ2v) is 9.96. The van der Waals surface area contributed by atoms with E-state index in [2.05, 4.69) is 15.3 Å². The van der Waals surface area contributed by atoms with Gasteiger partial charge in [0, 0.05) is 16.7 Å². The molecule has 0 aliphatic rings. The number of benzene rings is 3. The molecule has 0 saturated carbocycles. The van der Waals surface area contributed by atoms with Gasteiger partial charge in [0.25, 0.3) is 5.91 Å². The summed E-state index contributed by atoms with van der Waals surface area (Å²) in [4.78, 5) is 35.6. The molecule has 0 spiro atoms. The maximum atomic E-state index is 13.5. The van der Waals surface area contributed by atoms with Crippen LogP contribution < -0.4 is 10.1 Å². The lowest BCUT2D eigenvalue weighted by atomic mass is 10.1. The van der Waals surface area contributed by atoms with Gasteiger partial charge in [0.1, 0.15) is 11.3 Å². The molecular weight excluding hydrogens is 534 g/mol. The topological polar surface area (TPSA) is 94.3 Å². The first kappa shape index (κ1) is 26.5. The highest BCUT2D eigenvalue weighted by Gasteiger charge is 2.25. The van der Waals surface area contributed by atoms with Crippen molar-refractivity contribution in [2.24, 2.45) is 0 Å². The Bertz CT molecular complexity index is 1670. The summed E-state index contributed by atoms with van der Waals surface area (Å²) in [7, 11) is 0. The van der Waals surface area contributed by atoms with Crippen LogP contribution in [0.1, 0.15) is 44.7 Å². The molecule has 0 fully saturated rings. The predicted molar refractivity (Wildman–Crippen MR) is 153 cm³/mol. The first-order valence-electron chi connectivity index (χ1n) is 12.2. The molecule has 1 N–H and O–H groups in total. The first-order chi connectivity index (χ1) is 18.9. The van der Waals surface area contributed by atoms with Crippen molar-refractivity contribution in [3.8, 4) is 5.75 Å².